The van der Waals surface area contributed by atoms with Crippen molar-refractivity contribution in [2.45, 2.75) is 45.8 Å². The van der Waals surface area contributed by atoms with Gasteiger partial charge in [0.15, 0.2) is 0 Å². The minimum Gasteiger partial charge on any atom is -0.365 e. The Morgan fingerprint density at radius 2 is 2.00 bits per heavy atom. The largest absolute Gasteiger partial charge is 0.365 e. The summed E-state index contributed by atoms with van der Waals surface area (Å²) in [5, 5.41) is 4.43. The highest BCUT2D eigenvalue weighted by Crippen LogP contribution is 2.32. The molecular weight excluding hydrogens is 282 g/mol. The molecule has 0 saturated carbocycles. The fourth-order valence-corrected chi connectivity index (χ4v) is 3.16. The number of piperazine rings is 1. The quantitative estimate of drug-likeness (QED) is 0.923. The summed E-state index contributed by atoms with van der Waals surface area (Å²) in [4.78, 5) is 4.84. The number of hydrogen-bond donors (Lipinski definition) is 1. The molecular formula is C17H28ClN3. The van der Waals surface area contributed by atoms with E-state index in [9.17, 15) is 0 Å². The third-order valence-electron chi connectivity index (χ3n) is 4.00. The third kappa shape index (κ3) is 4.35. The Kier molecular flexibility index (Phi) is 5.18. The molecule has 0 aliphatic carbocycles. The van der Waals surface area contributed by atoms with Gasteiger partial charge >= 0.3 is 0 Å². The first-order valence-corrected chi connectivity index (χ1v) is 8.13. The van der Waals surface area contributed by atoms with Crippen LogP contribution in [0.25, 0.3) is 0 Å². The number of nitrogens with zero attached hydrogens (tertiary/aromatic N) is 2. The summed E-state index contributed by atoms with van der Waals surface area (Å²) >= 11 is 6.53. The maximum Gasteiger partial charge on any atom is 0.0643 e. The maximum absolute atomic E-state index is 6.53. The van der Waals surface area contributed by atoms with Crippen LogP contribution in [0.4, 0.5) is 5.69 Å². The summed E-state index contributed by atoms with van der Waals surface area (Å²) < 4.78 is 0. The van der Waals surface area contributed by atoms with Crippen molar-refractivity contribution in [2.75, 3.05) is 31.6 Å². The molecule has 0 radical (unpaired) electrons. The minimum atomic E-state index is 0.104. The van der Waals surface area contributed by atoms with Gasteiger partial charge < -0.3 is 15.1 Å². The number of halogens is 1. The van der Waals surface area contributed by atoms with Crippen LogP contribution in [-0.4, -0.2) is 43.2 Å². The second-order valence-electron chi connectivity index (χ2n) is 7.16. The van der Waals surface area contributed by atoms with Gasteiger partial charge in [-0.3, -0.25) is 0 Å². The number of para-hydroxylation sites is 1. The van der Waals surface area contributed by atoms with Gasteiger partial charge in [-0.15, -0.1) is 0 Å². The van der Waals surface area contributed by atoms with Gasteiger partial charge in [0.2, 0.25) is 0 Å². The van der Waals surface area contributed by atoms with Gasteiger partial charge in [-0.2, -0.15) is 0 Å². The number of hydrogen-bond acceptors (Lipinski definition) is 3. The smallest absolute Gasteiger partial charge is 0.0643 e. The highest BCUT2D eigenvalue weighted by Gasteiger charge is 2.25. The average Bonchev–Trinajstić information content (AvgIpc) is 2.37. The van der Waals surface area contributed by atoms with E-state index in [4.69, 9.17) is 11.6 Å². The molecule has 1 N–H and O–H groups in total. The molecule has 4 heteroatoms. The molecule has 118 valence electrons. The summed E-state index contributed by atoms with van der Waals surface area (Å²) in [5.74, 6) is 0. The van der Waals surface area contributed by atoms with Crippen LogP contribution in [0.15, 0.2) is 18.2 Å². The highest BCUT2D eigenvalue weighted by atomic mass is 35.5. The van der Waals surface area contributed by atoms with Gasteiger partial charge in [-0.25, -0.2) is 0 Å². The lowest BCUT2D eigenvalue weighted by Crippen LogP contribution is -2.51. The van der Waals surface area contributed by atoms with Crippen LogP contribution in [0.3, 0.4) is 0 Å². The minimum absolute atomic E-state index is 0.104. The first kappa shape index (κ1) is 16.6. The topological polar surface area (TPSA) is 18.5 Å². The molecule has 21 heavy (non-hydrogen) atoms. The molecule has 3 nitrogen and oxygen atoms in total. The molecule has 1 aromatic rings. The fourth-order valence-electron chi connectivity index (χ4n) is 2.86. The van der Waals surface area contributed by atoms with Crippen LogP contribution in [0, 0.1) is 0 Å². The number of likely N-dealkylation sites (N-methyl/N-ethyl adjacent to an activating group) is 1. The zero-order valence-corrected chi connectivity index (χ0v) is 14.7. The molecule has 0 bridgehead atoms. The van der Waals surface area contributed by atoms with E-state index in [2.05, 4.69) is 55.9 Å². The highest BCUT2D eigenvalue weighted by molar-refractivity contribution is 6.33. The summed E-state index contributed by atoms with van der Waals surface area (Å²) in [5.41, 5.74) is 2.60. The lowest BCUT2D eigenvalue weighted by atomic mass is 10.1. The van der Waals surface area contributed by atoms with Crippen LogP contribution in [0.1, 0.15) is 33.3 Å². The van der Waals surface area contributed by atoms with Gasteiger partial charge in [-0.05, 0) is 46.4 Å². The number of rotatable bonds is 3. The van der Waals surface area contributed by atoms with Crippen LogP contribution in [0.5, 0.6) is 0 Å². The molecule has 1 aromatic carbocycles. The molecule has 1 saturated heterocycles. The summed E-state index contributed by atoms with van der Waals surface area (Å²) in [7, 11) is 2.18. The first-order chi connectivity index (χ1) is 9.78. The predicted octanol–water partition coefficient (Wildman–Crippen LogP) is 3.37. The average molecular weight is 310 g/mol. The molecule has 1 fully saturated rings. The summed E-state index contributed by atoms with van der Waals surface area (Å²) in [6, 6.07) is 6.72. The van der Waals surface area contributed by atoms with E-state index in [0.29, 0.717) is 6.04 Å². The SMILES string of the molecule is CC1CN(C)CCN1c1c(Cl)cccc1CNC(C)(C)C. The molecule has 1 unspecified atom stereocenters. The van der Waals surface area contributed by atoms with E-state index in [0.717, 1.165) is 31.2 Å². The molecule has 1 heterocycles. The zero-order chi connectivity index (χ0) is 15.6. The Morgan fingerprint density at radius 3 is 2.62 bits per heavy atom. The number of anilines is 1. The fraction of sp³-hybridized carbons (Fsp3) is 0.647. The number of nitrogens with one attached hydrogen (secondary N) is 1. The normalized spacial score (nSPS) is 20.9. The summed E-state index contributed by atoms with van der Waals surface area (Å²) in [6.07, 6.45) is 0. The third-order valence-corrected chi connectivity index (χ3v) is 4.30. The molecule has 1 aliphatic rings. The van der Waals surface area contributed by atoms with Crippen molar-refractivity contribution < 1.29 is 0 Å². The molecule has 0 spiro atoms. The second kappa shape index (κ2) is 6.55. The van der Waals surface area contributed by atoms with Crippen LogP contribution < -0.4 is 10.2 Å². The van der Waals surface area contributed by atoms with Crippen molar-refractivity contribution in [1.82, 2.24) is 10.2 Å². The molecule has 2 rings (SSSR count). The van der Waals surface area contributed by atoms with Crippen LogP contribution in [0.2, 0.25) is 5.02 Å². The lowest BCUT2D eigenvalue weighted by molar-refractivity contribution is 0.275. The maximum atomic E-state index is 6.53. The molecule has 0 aromatic heterocycles. The van der Waals surface area contributed by atoms with Crippen molar-refractivity contribution in [3.05, 3.63) is 28.8 Å². The van der Waals surface area contributed by atoms with Crippen LogP contribution >= 0.6 is 11.6 Å². The Morgan fingerprint density at radius 1 is 1.29 bits per heavy atom. The van der Waals surface area contributed by atoms with E-state index in [1.54, 1.807) is 0 Å². The van der Waals surface area contributed by atoms with Gasteiger partial charge in [0.05, 0.1) is 10.7 Å². The molecule has 1 aliphatic heterocycles. The van der Waals surface area contributed by atoms with E-state index >= 15 is 0 Å². The number of benzene rings is 1. The monoisotopic (exact) mass is 309 g/mol. The lowest BCUT2D eigenvalue weighted by Gasteiger charge is -2.41. The standard InChI is InChI=1S/C17H28ClN3/c1-13-12-20(5)9-10-21(13)16-14(7-6-8-15(16)18)11-19-17(2,3)4/h6-8,13,19H,9-12H2,1-5H3. The van der Waals surface area contributed by atoms with E-state index < -0.39 is 0 Å². The van der Waals surface area contributed by atoms with Gasteiger partial charge in [0.25, 0.3) is 0 Å². The molecule has 1 atom stereocenters. The second-order valence-corrected chi connectivity index (χ2v) is 7.56. The van der Waals surface area contributed by atoms with Gasteiger partial charge in [-0.1, -0.05) is 23.7 Å². The Labute approximate surface area is 134 Å². The Hall–Kier alpha value is -0.770. The first-order valence-electron chi connectivity index (χ1n) is 7.75. The van der Waals surface area contributed by atoms with Crippen LogP contribution in [-0.2, 0) is 6.54 Å². The predicted molar refractivity (Wildman–Crippen MR) is 92.3 cm³/mol. The van der Waals surface area contributed by atoms with Crippen molar-refractivity contribution in [2.24, 2.45) is 0 Å². The molecule has 0 amide bonds. The Bertz CT molecular complexity index is 481. The Balaban J connectivity index is 2.25. The van der Waals surface area contributed by atoms with Crippen molar-refractivity contribution in [3.63, 3.8) is 0 Å². The van der Waals surface area contributed by atoms with E-state index in [-0.39, 0.29) is 5.54 Å². The van der Waals surface area contributed by atoms with Crippen molar-refractivity contribution in [3.8, 4) is 0 Å². The van der Waals surface area contributed by atoms with E-state index in [1.165, 1.54) is 11.3 Å². The van der Waals surface area contributed by atoms with Crippen molar-refractivity contribution >= 4 is 17.3 Å². The van der Waals surface area contributed by atoms with Gasteiger partial charge in [0.1, 0.15) is 0 Å². The zero-order valence-electron chi connectivity index (χ0n) is 13.9. The van der Waals surface area contributed by atoms with Gasteiger partial charge in [0, 0.05) is 37.8 Å². The summed E-state index contributed by atoms with van der Waals surface area (Å²) in [6.45, 7) is 12.9. The van der Waals surface area contributed by atoms with E-state index in [1.807, 2.05) is 12.1 Å². The van der Waals surface area contributed by atoms with Crippen molar-refractivity contribution in [1.29, 1.82) is 0 Å².